The molecule has 4 nitrogen and oxygen atoms in total. The van der Waals surface area contributed by atoms with Gasteiger partial charge in [-0.15, -0.1) is 0 Å². The van der Waals surface area contributed by atoms with Gasteiger partial charge in [0.25, 0.3) is 5.91 Å². The summed E-state index contributed by atoms with van der Waals surface area (Å²) in [6.07, 6.45) is 2.84. The highest BCUT2D eigenvalue weighted by atomic mass is 16.5. The number of amides is 1. The van der Waals surface area contributed by atoms with Gasteiger partial charge in [0.05, 0.1) is 6.10 Å². The van der Waals surface area contributed by atoms with Crippen molar-refractivity contribution in [3.8, 4) is 5.75 Å². The molecule has 0 aromatic heterocycles. The van der Waals surface area contributed by atoms with E-state index in [4.69, 9.17) is 9.47 Å². The van der Waals surface area contributed by atoms with E-state index in [2.05, 4.69) is 12.2 Å². The number of benzene rings is 1. The first-order valence-corrected chi connectivity index (χ1v) is 7.54. The average molecular weight is 293 g/mol. The molecule has 0 saturated carbocycles. The zero-order valence-corrected chi connectivity index (χ0v) is 13.7. The molecule has 1 amide bonds. The number of nitrogens with one attached hydrogen (secondary N) is 1. The summed E-state index contributed by atoms with van der Waals surface area (Å²) in [5, 5.41) is 2.90. The third kappa shape index (κ3) is 5.38. The second kappa shape index (κ2) is 8.03. The van der Waals surface area contributed by atoms with Gasteiger partial charge in [-0.05, 0) is 51.5 Å². The van der Waals surface area contributed by atoms with E-state index < -0.39 is 5.60 Å². The maximum Gasteiger partial charge on any atom is 0.256 e. The first-order valence-electron chi connectivity index (χ1n) is 7.54. The Kier molecular flexibility index (Phi) is 6.69. The Balaban J connectivity index is 2.68. The van der Waals surface area contributed by atoms with Crippen LogP contribution in [-0.2, 0) is 9.53 Å². The van der Waals surface area contributed by atoms with Crippen LogP contribution in [0.4, 0.5) is 5.69 Å². The zero-order valence-electron chi connectivity index (χ0n) is 13.7. The molecule has 0 fully saturated rings. The Hall–Kier alpha value is -1.55. The normalized spacial score (nSPS) is 13.8. The van der Waals surface area contributed by atoms with E-state index in [0.717, 1.165) is 24.3 Å². The topological polar surface area (TPSA) is 47.6 Å². The van der Waals surface area contributed by atoms with E-state index >= 15 is 0 Å². The van der Waals surface area contributed by atoms with Crippen LogP contribution < -0.4 is 10.1 Å². The summed E-state index contributed by atoms with van der Waals surface area (Å²) in [5.41, 5.74) is -0.0424. The van der Waals surface area contributed by atoms with Crippen molar-refractivity contribution >= 4 is 11.6 Å². The number of unbranched alkanes of at least 4 members (excludes halogenated alkanes) is 1. The van der Waals surface area contributed by atoms with Crippen molar-refractivity contribution in [2.24, 2.45) is 0 Å². The molecule has 1 rings (SSSR count). The second-order valence-corrected chi connectivity index (χ2v) is 5.68. The Morgan fingerprint density at radius 2 is 1.90 bits per heavy atom. The van der Waals surface area contributed by atoms with Gasteiger partial charge in [-0.1, -0.05) is 19.8 Å². The van der Waals surface area contributed by atoms with E-state index in [9.17, 15) is 4.79 Å². The van der Waals surface area contributed by atoms with E-state index in [1.165, 1.54) is 0 Å². The monoisotopic (exact) mass is 293 g/mol. The van der Waals surface area contributed by atoms with E-state index in [1.807, 2.05) is 45.0 Å². The number of ether oxygens (including phenoxy) is 2. The third-order valence-corrected chi connectivity index (χ3v) is 3.42. The van der Waals surface area contributed by atoms with E-state index in [-0.39, 0.29) is 12.0 Å². The molecule has 1 aromatic rings. The predicted molar refractivity (Wildman–Crippen MR) is 85.8 cm³/mol. The summed E-state index contributed by atoms with van der Waals surface area (Å²) in [7, 11) is 1.58. The fraction of sp³-hybridized carbons (Fsp3) is 0.588. The van der Waals surface area contributed by atoms with Gasteiger partial charge in [0.15, 0.2) is 0 Å². The van der Waals surface area contributed by atoms with Crippen LogP contribution in [0.2, 0.25) is 0 Å². The Morgan fingerprint density at radius 3 is 2.38 bits per heavy atom. The maximum absolute atomic E-state index is 12.4. The first kappa shape index (κ1) is 17.5. The van der Waals surface area contributed by atoms with E-state index in [1.54, 1.807) is 7.11 Å². The number of methoxy groups -OCH3 is 1. The van der Waals surface area contributed by atoms with E-state index in [0.29, 0.717) is 6.42 Å². The molecule has 0 aliphatic heterocycles. The molecule has 21 heavy (non-hydrogen) atoms. The van der Waals surface area contributed by atoms with Gasteiger partial charge >= 0.3 is 0 Å². The molecule has 118 valence electrons. The molecule has 0 aliphatic rings. The fourth-order valence-corrected chi connectivity index (χ4v) is 1.97. The molecule has 1 atom stereocenters. The van der Waals surface area contributed by atoms with Crippen LogP contribution in [0.1, 0.15) is 47.0 Å². The lowest BCUT2D eigenvalue weighted by Gasteiger charge is -2.26. The molecule has 1 aromatic carbocycles. The van der Waals surface area contributed by atoms with Gasteiger partial charge < -0.3 is 14.8 Å². The summed E-state index contributed by atoms with van der Waals surface area (Å²) in [6.45, 7) is 7.89. The lowest BCUT2D eigenvalue weighted by Crippen LogP contribution is -2.41. The molecule has 4 heteroatoms. The standard InChI is InChI=1S/C17H27NO3/c1-6-7-12-17(4,20-5)16(19)18-14-8-10-15(11-9-14)21-13(2)3/h8-11,13H,6-7,12H2,1-5H3,(H,18,19)/t17-/m0/s1. The molecule has 0 aliphatic carbocycles. The lowest BCUT2D eigenvalue weighted by atomic mass is 9.97. The number of rotatable bonds is 8. The quantitative estimate of drug-likeness (QED) is 0.788. The SMILES string of the molecule is CCCC[C@](C)(OC)C(=O)Nc1ccc(OC(C)C)cc1. The van der Waals surface area contributed by atoms with Crippen molar-refractivity contribution in [2.45, 2.75) is 58.7 Å². The highest BCUT2D eigenvalue weighted by Gasteiger charge is 2.32. The fourth-order valence-electron chi connectivity index (χ4n) is 1.97. The molecular formula is C17H27NO3. The molecular weight excluding hydrogens is 266 g/mol. The van der Waals surface area contributed by atoms with Gasteiger partial charge in [0.1, 0.15) is 11.4 Å². The molecule has 0 radical (unpaired) electrons. The van der Waals surface area contributed by atoms with Crippen LogP contribution in [0, 0.1) is 0 Å². The minimum Gasteiger partial charge on any atom is -0.491 e. The van der Waals surface area contributed by atoms with Crippen molar-refractivity contribution in [3.05, 3.63) is 24.3 Å². The van der Waals surface area contributed by atoms with Crippen LogP contribution in [0.25, 0.3) is 0 Å². The first-order chi connectivity index (χ1) is 9.91. The summed E-state index contributed by atoms with van der Waals surface area (Å²) in [4.78, 5) is 12.4. The Morgan fingerprint density at radius 1 is 1.29 bits per heavy atom. The molecule has 0 saturated heterocycles. The largest absolute Gasteiger partial charge is 0.491 e. The van der Waals surface area contributed by atoms with Gasteiger partial charge in [0.2, 0.25) is 0 Å². The second-order valence-electron chi connectivity index (χ2n) is 5.68. The molecule has 0 bridgehead atoms. The average Bonchev–Trinajstić information content (AvgIpc) is 2.46. The molecule has 0 heterocycles. The number of hydrogen-bond donors (Lipinski definition) is 1. The number of anilines is 1. The minimum absolute atomic E-state index is 0.115. The highest BCUT2D eigenvalue weighted by Crippen LogP contribution is 2.22. The summed E-state index contributed by atoms with van der Waals surface area (Å²) in [6, 6.07) is 7.38. The van der Waals surface area contributed by atoms with Crippen molar-refractivity contribution in [1.82, 2.24) is 0 Å². The smallest absolute Gasteiger partial charge is 0.256 e. The number of carbonyl (C=O) groups is 1. The van der Waals surface area contributed by atoms with Crippen LogP contribution in [0.3, 0.4) is 0 Å². The molecule has 1 N–H and O–H groups in total. The Bertz CT molecular complexity index is 442. The van der Waals surface area contributed by atoms with Crippen molar-refractivity contribution in [3.63, 3.8) is 0 Å². The lowest BCUT2D eigenvalue weighted by molar-refractivity contribution is -0.136. The van der Waals surface area contributed by atoms with Crippen molar-refractivity contribution in [1.29, 1.82) is 0 Å². The summed E-state index contributed by atoms with van der Waals surface area (Å²) < 4.78 is 11.0. The van der Waals surface area contributed by atoms with Gasteiger partial charge in [0, 0.05) is 12.8 Å². The highest BCUT2D eigenvalue weighted by molar-refractivity contribution is 5.97. The Labute approximate surface area is 127 Å². The summed E-state index contributed by atoms with van der Waals surface area (Å²) >= 11 is 0. The van der Waals surface area contributed by atoms with Crippen LogP contribution in [-0.4, -0.2) is 24.7 Å². The van der Waals surface area contributed by atoms with Crippen molar-refractivity contribution < 1.29 is 14.3 Å². The zero-order chi connectivity index (χ0) is 15.9. The van der Waals surface area contributed by atoms with Gasteiger partial charge in [-0.3, -0.25) is 4.79 Å². The summed E-state index contributed by atoms with van der Waals surface area (Å²) in [5.74, 6) is 0.680. The van der Waals surface area contributed by atoms with Crippen LogP contribution in [0.5, 0.6) is 5.75 Å². The maximum atomic E-state index is 12.4. The minimum atomic E-state index is -0.789. The molecule has 0 unspecified atom stereocenters. The van der Waals surface area contributed by atoms with Crippen LogP contribution >= 0.6 is 0 Å². The molecule has 0 spiro atoms. The third-order valence-electron chi connectivity index (χ3n) is 3.42. The predicted octanol–water partition coefficient (Wildman–Crippen LogP) is 4.01. The number of hydrogen-bond acceptors (Lipinski definition) is 3. The van der Waals surface area contributed by atoms with Crippen molar-refractivity contribution in [2.75, 3.05) is 12.4 Å². The van der Waals surface area contributed by atoms with Gasteiger partial charge in [-0.25, -0.2) is 0 Å². The van der Waals surface area contributed by atoms with Crippen LogP contribution in [0.15, 0.2) is 24.3 Å². The number of carbonyl (C=O) groups excluding carboxylic acids is 1. The van der Waals surface area contributed by atoms with Gasteiger partial charge in [-0.2, -0.15) is 0 Å².